The highest BCUT2D eigenvalue weighted by Gasteiger charge is 2.24. The van der Waals surface area contributed by atoms with Gasteiger partial charge in [-0.05, 0) is 26.7 Å². The maximum absolute atomic E-state index is 11.3. The van der Waals surface area contributed by atoms with E-state index in [4.69, 9.17) is 10.5 Å². The lowest BCUT2D eigenvalue weighted by molar-refractivity contribution is -0.139. The van der Waals surface area contributed by atoms with Crippen LogP contribution in [0.2, 0.25) is 0 Å². The van der Waals surface area contributed by atoms with Crippen molar-refractivity contribution in [3.05, 3.63) is 0 Å². The summed E-state index contributed by atoms with van der Waals surface area (Å²) >= 11 is 0. The number of unbranched alkanes of at least 4 members (excludes halogenated alkanes) is 2. The van der Waals surface area contributed by atoms with Crippen molar-refractivity contribution in [1.29, 1.82) is 0 Å². The van der Waals surface area contributed by atoms with Gasteiger partial charge in [-0.15, -0.1) is 0 Å². The summed E-state index contributed by atoms with van der Waals surface area (Å²) in [6.45, 7) is 7.67. The quantitative estimate of drug-likeness (QED) is 0.630. The van der Waals surface area contributed by atoms with Gasteiger partial charge in [0.2, 0.25) is 5.91 Å². The minimum absolute atomic E-state index is 0.125. The molecule has 100 valence electrons. The molecule has 0 heterocycles. The fourth-order valence-corrected chi connectivity index (χ4v) is 1.27. The van der Waals surface area contributed by atoms with Crippen LogP contribution in [0.25, 0.3) is 0 Å². The van der Waals surface area contributed by atoms with Gasteiger partial charge >= 0.3 is 0 Å². The molecular formula is C13H25NO3. The fourth-order valence-electron chi connectivity index (χ4n) is 1.27. The topological polar surface area (TPSA) is 69.4 Å². The first-order valence-corrected chi connectivity index (χ1v) is 6.24. The number of Topliss-reactive ketones (excluding diaryl/α,β-unsaturated/α-hetero) is 1. The Kier molecular flexibility index (Phi) is 7.04. The Hall–Kier alpha value is -0.900. The van der Waals surface area contributed by atoms with Crippen LogP contribution in [0.15, 0.2) is 0 Å². The highest BCUT2D eigenvalue weighted by atomic mass is 16.5. The Morgan fingerprint density at radius 3 is 2.24 bits per heavy atom. The molecule has 4 nitrogen and oxygen atoms in total. The van der Waals surface area contributed by atoms with Gasteiger partial charge in [-0.1, -0.05) is 20.3 Å². The maximum atomic E-state index is 11.3. The van der Waals surface area contributed by atoms with Gasteiger partial charge < -0.3 is 10.5 Å². The summed E-state index contributed by atoms with van der Waals surface area (Å²) in [5, 5.41) is 0. The van der Waals surface area contributed by atoms with E-state index in [1.807, 2.05) is 13.8 Å². The molecule has 0 saturated heterocycles. The summed E-state index contributed by atoms with van der Waals surface area (Å²) in [5.41, 5.74) is 4.28. The number of rotatable bonds is 9. The zero-order valence-electron chi connectivity index (χ0n) is 11.4. The summed E-state index contributed by atoms with van der Waals surface area (Å²) in [6.07, 6.45) is 3.31. The van der Waals surface area contributed by atoms with Crippen LogP contribution in [0.5, 0.6) is 0 Å². The number of ether oxygens (including phenoxy) is 1. The van der Waals surface area contributed by atoms with E-state index in [9.17, 15) is 9.59 Å². The van der Waals surface area contributed by atoms with E-state index in [0.29, 0.717) is 18.8 Å². The number of carbonyl (C=O) groups excluding carboxylic acids is 2. The summed E-state index contributed by atoms with van der Waals surface area (Å²) in [7, 11) is 0. The average molecular weight is 243 g/mol. The lowest BCUT2D eigenvalue weighted by Gasteiger charge is -2.21. The molecule has 0 bridgehead atoms. The number of ketones is 1. The smallest absolute Gasteiger partial charge is 0.249 e. The molecule has 0 aliphatic rings. The van der Waals surface area contributed by atoms with Gasteiger partial charge in [-0.3, -0.25) is 9.59 Å². The molecule has 17 heavy (non-hydrogen) atoms. The van der Waals surface area contributed by atoms with Gasteiger partial charge in [-0.2, -0.15) is 0 Å². The van der Waals surface area contributed by atoms with E-state index in [1.165, 1.54) is 0 Å². The Labute approximate surface area is 104 Å². The first-order valence-electron chi connectivity index (χ1n) is 6.24. The predicted molar refractivity (Wildman–Crippen MR) is 67.5 cm³/mol. The van der Waals surface area contributed by atoms with Crippen molar-refractivity contribution in [3.63, 3.8) is 0 Å². The summed E-state index contributed by atoms with van der Waals surface area (Å²) < 4.78 is 5.39. The van der Waals surface area contributed by atoms with Crippen LogP contribution in [0.3, 0.4) is 0 Å². The monoisotopic (exact) mass is 243 g/mol. The van der Waals surface area contributed by atoms with Crippen LogP contribution < -0.4 is 5.73 Å². The van der Waals surface area contributed by atoms with Gasteiger partial charge in [0.25, 0.3) is 0 Å². The van der Waals surface area contributed by atoms with Gasteiger partial charge in [0.1, 0.15) is 11.4 Å². The third kappa shape index (κ3) is 7.10. The van der Waals surface area contributed by atoms with E-state index < -0.39 is 11.5 Å². The van der Waals surface area contributed by atoms with Crippen molar-refractivity contribution in [2.45, 2.75) is 59.0 Å². The molecule has 4 heteroatoms. The molecule has 0 fully saturated rings. The molecule has 0 aliphatic carbocycles. The minimum atomic E-state index is -0.895. The summed E-state index contributed by atoms with van der Waals surface area (Å²) in [6, 6.07) is 0. The third-order valence-electron chi connectivity index (χ3n) is 2.77. The molecule has 0 aliphatic heterocycles. The fraction of sp³-hybridized carbons (Fsp3) is 0.846. The van der Waals surface area contributed by atoms with Crippen LogP contribution in [0.1, 0.15) is 53.4 Å². The van der Waals surface area contributed by atoms with E-state index in [0.717, 1.165) is 19.3 Å². The molecule has 0 aromatic heterocycles. The molecule has 0 rings (SSSR count). The molecule has 2 N–H and O–H groups in total. The number of carbonyl (C=O) groups is 2. The molecule has 0 aromatic carbocycles. The van der Waals surface area contributed by atoms with Crippen LogP contribution in [-0.4, -0.2) is 23.9 Å². The normalized spacial score (nSPS) is 11.8. The third-order valence-corrected chi connectivity index (χ3v) is 2.77. The van der Waals surface area contributed by atoms with Crippen molar-refractivity contribution >= 4 is 11.7 Å². The van der Waals surface area contributed by atoms with Crippen LogP contribution in [0, 0.1) is 5.92 Å². The van der Waals surface area contributed by atoms with E-state index in [1.54, 1.807) is 13.8 Å². The molecule has 0 aromatic rings. The molecule has 0 unspecified atom stereocenters. The van der Waals surface area contributed by atoms with Crippen LogP contribution in [-0.2, 0) is 14.3 Å². The second-order valence-electron chi connectivity index (χ2n) is 5.15. The van der Waals surface area contributed by atoms with Crippen LogP contribution >= 0.6 is 0 Å². The van der Waals surface area contributed by atoms with Crippen molar-refractivity contribution in [3.8, 4) is 0 Å². The number of hydrogen-bond donors (Lipinski definition) is 1. The van der Waals surface area contributed by atoms with E-state index in [2.05, 4.69) is 0 Å². The van der Waals surface area contributed by atoms with E-state index in [-0.39, 0.29) is 5.92 Å². The zero-order chi connectivity index (χ0) is 13.5. The SMILES string of the molecule is CC(C)C(=O)CCCCCOC(C)(C)C(N)=O. The minimum Gasteiger partial charge on any atom is -0.367 e. The van der Waals surface area contributed by atoms with Crippen LogP contribution in [0.4, 0.5) is 0 Å². The number of hydrogen-bond acceptors (Lipinski definition) is 3. The zero-order valence-corrected chi connectivity index (χ0v) is 11.4. The van der Waals surface area contributed by atoms with Gasteiger partial charge in [0.05, 0.1) is 0 Å². The highest BCUT2D eigenvalue weighted by molar-refractivity contribution is 5.82. The van der Waals surface area contributed by atoms with Crippen molar-refractivity contribution in [2.24, 2.45) is 11.7 Å². The Morgan fingerprint density at radius 1 is 1.18 bits per heavy atom. The number of primary amides is 1. The predicted octanol–water partition coefficient (Wildman–Crippen LogP) is 2.05. The van der Waals surface area contributed by atoms with Gasteiger partial charge in [0.15, 0.2) is 0 Å². The van der Waals surface area contributed by atoms with Crippen molar-refractivity contribution in [1.82, 2.24) is 0 Å². The molecular weight excluding hydrogens is 218 g/mol. The largest absolute Gasteiger partial charge is 0.367 e. The highest BCUT2D eigenvalue weighted by Crippen LogP contribution is 2.11. The molecule has 1 amide bonds. The van der Waals surface area contributed by atoms with E-state index >= 15 is 0 Å². The van der Waals surface area contributed by atoms with Crippen molar-refractivity contribution < 1.29 is 14.3 Å². The molecule has 0 radical (unpaired) electrons. The number of amides is 1. The second kappa shape index (κ2) is 7.43. The Morgan fingerprint density at radius 2 is 1.76 bits per heavy atom. The maximum Gasteiger partial charge on any atom is 0.249 e. The standard InChI is InChI=1S/C13H25NO3/c1-10(2)11(15)8-6-5-7-9-17-13(3,4)12(14)16/h10H,5-9H2,1-4H3,(H2,14,16). The first-order chi connectivity index (χ1) is 7.77. The number of nitrogens with two attached hydrogens (primary N) is 1. The van der Waals surface area contributed by atoms with Crippen molar-refractivity contribution in [2.75, 3.05) is 6.61 Å². The summed E-state index contributed by atoms with van der Waals surface area (Å²) in [4.78, 5) is 22.3. The molecule has 0 saturated carbocycles. The molecule has 0 atom stereocenters. The first kappa shape index (κ1) is 16.1. The van der Waals surface area contributed by atoms with Gasteiger partial charge in [-0.25, -0.2) is 0 Å². The van der Waals surface area contributed by atoms with Gasteiger partial charge in [0, 0.05) is 18.9 Å². The molecule has 0 spiro atoms. The second-order valence-corrected chi connectivity index (χ2v) is 5.15. The Bertz CT molecular complexity index is 259. The lowest BCUT2D eigenvalue weighted by atomic mass is 10.0. The summed E-state index contributed by atoms with van der Waals surface area (Å²) in [5.74, 6) is -0.0177. The average Bonchev–Trinajstić information content (AvgIpc) is 2.22. The lowest BCUT2D eigenvalue weighted by Crippen LogP contribution is -2.40. The Balaban J connectivity index is 3.54.